The molecule has 2 aromatic rings. The lowest BCUT2D eigenvalue weighted by atomic mass is 9.95. The Morgan fingerprint density at radius 3 is 2.30 bits per heavy atom. The van der Waals surface area contributed by atoms with E-state index in [9.17, 15) is 9.59 Å². The van der Waals surface area contributed by atoms with Crippen LogP contribution < -0.4 is 10.2 Å². The summed E-state index contributed by atoms with van der Waals surface area (Å²) in [5.74, 6) is 0.154. The van der Waals surface area contributed by atoms with Crippen LogP contribution in [0.4, 0.5) is 5.69 Å². The third-order valence-corrected chi connectivity index (χ3v) is 5.15. The second-order valence-electron chi connectivity index (χ2n) is 7.23. The predicted octanol–water partition coefficient (Wildman–Crippen LogP) is 4.41. The van der Waals surface area contributed by atoms with Gasteiger partial charge < -0.3 is 10.2 Å². The van der Waals surface area contributed by atoms with Crippen LogP contribution in [0.15, 0.2) is 54.6 Å². The van der Waals surface area contributed by atoms with Crippen LogP contribution in [-0.4, -0.2) is 30.8 Å². The number of benzene rings is 2. The van der Waals surface area contributed by atoms with Crippen LogP contribution in [0.1, 0.15) is 36.2 Å². The van der Waals surface area contributed by atoms with Crippen molar-refractivity contribution in [2.75, 3.05) is 23.9 Å². The number of halogens is 1. The van der Waals surface area contributed by atoms with Gasteiger partial charge in [-0.15, -0.1) is 11.6 Å². The van der Waals surface area contributed by atoms with E-state index in [1.165, 1.54) is 0 Å². The van der Waals surface area contributed by atoms with Gasteiger partial charge >= 0.3 is 0 Å². The number of rotatable bonds is 8. The number of carbonyl (C=O) groups is 2. The molecule has 0 heterocycles. The van der Waals surface area contributed by atoms with Crippen molar-refractivity contribution in [2.24, 2.45) is 5.41 Å². The number of nitrogens with zero attached hydrogens (tertiary/aromatic N) is 1. The molecule has 144 valence electrons. The van der Waals surface area contributed by atoms with Crippen molar-refractivity contribution in [3.05, 3.63) is 65.7 Å². The van der Waals surface area contributed by atoms with E-state index in [0.717, 1.165) is 11.3 Å². The lowest BCUT2D eigenvalue weighted by Gasteiger charge is -2.25. The fourth-order valence-electron chi connectivity index (χ4n) is 2.65. The summed E-state index contributed by atoms with van der Waals surface area (Å²) in [6, 6.07) is 17.2. The van der Waals surface area contributed by atoms with Crippen molar-refractivity contribution < 1.29 is 9.59 Å². The van der Waals surface area contributed by atoms with Crippen LogP contribution in [0, 0.1) is 12.3 Å². The molecule has 0 aliphatic carbocycles. The van der Waals surface area contributed by atoms with Gasteiger partial charge in [0.15, 0.2) is 0 Å². The maximum absolute atomic E-state index is 13.1. The van der Waals surface area contributed by atoms with Crippen LogP contribution >= 0.6 is 11.6 Å². The molecule has 0 radical (unpaired) electrons. The highest BCUT2D eigenvalue weighted by molar-refractivity contribution is 6.19. The Kier molecular flexibility index (Phi) is 7.43. The lowest BCUT2D eigenvalue weighted by Crippen LogP contribution is -2.40. The zero-order valence-electron chi connectivity index (χ0n) is 16.2. The van der Waals surface area contributed by atoms with Crippen LogP contribution in [0.3, 0.4) is 0 Å². The minimum absolute atomic E-state index is 0.0354. The molecule has 2 rings (SSSR count). The molecule has 1 N–H and O–H groups in total. The number of carbonyl (C=O) groups excluding carboxylic acids is 2. The van der Waals surface area contributed by atoms with E-state index in [-0.39, 0.29) is 17.7 Å². The van der Waals surface area contributed by atoms with E-state index in [1.54, 1.807) is 4.90 Å². The molecular formula is C22H27ClN2O2. The standard InChI is InChI=1S/C22H27ClN2O2/c1-17-10-7-8-13-19(17)20(26)25(18-11-5-4-6-12-18)15-9-14-24-21(27)22(2,3)16-23/h4-8,10-13H,9,14-16H2,1-3H3,(H,24,27). The molecule has 0 bridgehead atoms. The smallest absolute Gasteiger partial charge is 0.258 e. The first-order valence-corrected chi connectivity index (χ1v) is 9.67. The first-order valence-electron chi connectivity index (χ1n) is 9.13. The van der Waals surface area contributed by atoms with Crippen molar-refractivity contribution in [3.8, 4) is 0 Å². The molecule has 0 aliphatic rings. The van der Waals surface area contributed by atoms with Gasteiger partial charge in [-0.25, -0.2) is 0 Å². The molecule has 0 spiro atoms. The maximum atomic E-state index is 13.1. The molecule has 0 saturated heterocycles. The normalized spacial score (nSPS) is 11.1. The number of aryl methyl sites for hydroxylation is 1. The molecule has 0 aromatic heterocycles. The summed E-state index contributed by atoms with van der Waals surface area (Å²) in [6.45, 7) is 6.56. The average molecular weight is 387 g/mol. The van der Waals surface area contributed by atoms with E-state index in [2.05, 4.69) is 5.32 Å². The Bertz CT molecular complexity index is 775. The summed E-state index contributed by atoms with van der Waals surface area (Å²) in [4.78, 5) is 27.0. The van der Waals surface area contributed by atoms with Crippen molar-refractivity contribution in [2.45, 2.75) is 27.2 Å². The predicted molar refractivity (Wildman–Crippen MR) is 111 cm³/mol. The first-order chi connectivity index (χ1) is 12.9. The van der Waals surface area contributed by atoms with E-state index in [0.29, 0.717) is 25.1 Å². The Morgan fingerprint density at radius 2 is 1.67 bits per heavy atom. The van der Waals surface area contributed by atoms with Gasteiger partial charge in [-0.05, 0) is 51.0 Å². The van der Waals surface area contributed by atoms with Gasteiger partial charge in [0.05, 0.1) is 5.41 Å². The largest absolute Gasteiger partial charge is 0.356 e. The molecule has 0 saturated carbocycles. The second-order valence-corrected chi connectivity index (χ2v) is 7.50. The minimum Gasteiger partial charge on any atom is -0.356 e. The van der Waals surface area contributed by atoms with Crippen molar-refractivity contribution in [1.29, 1.82) is 0 Å². The number of hydrogen-bond donors (Lipinski definition) is 1. The summed E-state index contributed by atoms with van der Waals surface area (Å²) < 4.78 is 0. The summed E-state index contributed by atoms with van der Waals surface area (Å²) in [7, 11) is 0. The number of alkyl halides is 1. The van der Waals surface area contributed by atoms with Gasteiger partial charge in [-0.2, -0.15) is 0 Å². The summed E-state index contributed by atoms with van der Waals surface area (Å²) >= 11 is 5.84. The zero-order chi connectivity index (χ0) is 19.9. The van der Waals surface area contributed by atoms with E-state index < -0.39 is 5.41 Å². The number of amides is 2. The SMILES string of the molecule is Cc1ccccc1C(=O)N(CCCNC(=O)C(C)(C)CCl)c1ccccc1. The monoisotopic (exact) mass is 386 g/mol. The zero-order valence-corrected chi connectivity index (χ0v) is 16.9. The Hall–Kier alpha value is -2.33. The number of nitrogens with one attached hydrogen (secondary N) is 1. The van der Waals surface area contributed by atoms with E-state index in [1.807, 2.05) is 75.4 Å². The summed E-state index contributed by atoms with van der Waals surface area (Å²) in [6.07, 6.45) is 0.649. The molecule has 2 amide bonds. The van der Waals surface area contributed by atoms with Gasteiger partial charge in [0.25, 0.3) is 5.91 Å². The number of para-hydroxylation sites is 1. The highest BCUT2D eigenvalue weighted by atomic mass is 35.5. The lowest BCUT2D eigenvalue weighted by molar-refractivity contribution is -0.128. The van der Waals surface area contributed by atoms with Crippen molar-refractivity contribution in [1.82, 2.24) is 5.32 Å². The second kappa shape index (κ2) is 9.56. The molecule has 4 nitrogen and oxygen atoms in total. The highest BCUT2D eigenvalue weighted by Gasteiger charge is 2.26. The minimum atomic E-state index is -0.600. The van der Waals surface area contributed by atoms with Crippen LogP contribution in [0.2, 0.25) is 0 Å². The topological polar surface area (TPSA) is 49.4 Å². The summed E-state index contributed by atoms with van der Waals surface area (Å²) in [5, 5.41) is 2.91. The van der Waals surface area contributed by atoms with E-state index in [4.69, 9.17) is 11.6 Å². The van der Waals surface area contributed by atoms with Gasteiger partial charge in [0.1, 0.15) is 0 Å². The van der Waals surface area contributed by atoms with Gasteiger partial charge in [-0.3, -0.25) is 9.59 Å². The van der Waals surface area contributed by atoms with Gasteiger partial charge in [0, 0.05) is 30.2 Å². The Labute approximate surface area is 166 Å². The average Bonchev–Trinajstić information content (AvgIpc) is 2.68. The fourth-order valence-corrected chi connectivity index (χ4v) is 2.77. The van der Waals surface area contributed by atoms with Crippen LogP contribution in [0.5, 0.6) is 0 Å². The quantitative estimate of drug-likeness (QED) is 0.539. The van der Waals surface area contributed by atoms with Crippen molar-refractivity contribution >= 4 is 29.1 Å². The van der Waals surface area contributed by atoms with Gasteiger partial charge in [0.2, 0.25) is 5.91 Å². The van der Waals surface area contributed by atoms with Gasteiger partial charge in [-0.1, -0.05) is 36.4 Å². The third-order valence-electron chi connectivity index (χ3n) is 4.48. The van der Waals surface area contributed by atoms with Crippen molar-refractivity contribution in [3.63, 3.8) is 0 Å². The molecule has 0 fully saturated rings. The number of anilines is 1. The molecule has 0 unspecified atom stereocenters. The highest BCUT2D eigenvalue weighted by Crippen LogP contribution is 2.20. The Morgan fingerprint density at radius 1 is 1.04 bits per heavy atom. The molecule has 0 atom stereocenters. The molecular weight excluding hydrogens is 360 g/mol. The third kappa shape index (κ3) is 5.57. The molecule has 5 heteroatoms. The number of hydrogen-bond acceptors (Lipinski definition) is 2. The van der Waals surface area contributed by atoms with E-state index >= 15 is 0 Å². The molecule has 2 aromatic carbocycles. The van der Waals surface area contributed by atoms with Crippen LogP contribution in [0.25, 0.3) is 0 Å². The maximum Gasteiger partial charge on any atom is 0.258 e. The Balaban J connectivity index is 2.08. The van der Waals surface area contributed by atoms with Crippen LogP contribution in [-0.2, 0) is 4.79 Å². The fraction of sp³-hybridized carbons (Fsp3) is 0.364. The first kappa shape index (κ1) is 21.0. The summed E-state index contributed by atoms with van der Waals surface area (Å²) in [5.41, 5.74) is 1.88. The molecule has 0 aliphatic heterocycles. The molecule has 27 heavy (non-hydrogen) atoms.